The highest BCUT2D eigenvalue weighted by Gasteiger charge is 2.16. The second kappa shape index (κ2) is 5.83. The summed E-state index contributed by atoms with van der Waals surface area (Å²) in [5.74, 6) is -0.242. The van der Waals surface area contributed by atoms with Gasteiger partial charge in [-0.2, -0.15) is 5.26 Å². The number of nitriles is 1. The van der Waals surface area contributed by atoms with E-state index in [1.165, 1.54) is 11.1 Å². The molecule has 0 N–H and O–H groups in total. The number of halogens is 2. The van der Waals surface area contributed by atoms with Crippen molar-refractivity contribution in [1.82, 2.24) is 9.88 Å². The van der Waals surface area contributed by atoms with Gasteiger partial charge in [-0.15, -0.1) is 0 Å². The molecule has 0 bridgehead atoms. The fourth-order valence-electron chi connectivity index (χ4n) is 1.10. The molecule has 0 saturated carbocycles. The zero-order valence-electron chi connectivity index (χ0n) is 8.57. The van der Waals surface area contributed by atoms with Crippen LogP contribution in [0.3, 0.4) is 0 Å². The Bertz CT molecular complexity index is 444. The van der Waals surface area contributed by atoms with Crippen LogP contribution in [-0.2, 0) is 0 Å². The second-order valence-corrected chi connectivity index (χ2v) is 4.40. The van der Waals surface area contributed by atoms with Crippen LogP contribution in [0.4, 0.5) is 0 Å². The van der Waals surface area contributed by atoms with Crippen LogP contribution in [0, 0.1) is 11.3 Å². The number of nitrogens with zero attached hydrogens (tertiary/aromatic N) is 3. The van der Waals surface area contributed by atoms with E-state index in [2.05, 4.69) is 20.9 Å². The van der Waals surface area contributed by atoms with Crippen molar-refractivity contribution in [1.29, 1.82) is 5.26 Å². The lowest BCUT2D eigenvalue weighted by atomic mass is 10.2. The van der Waals surface area contributed by atoms with Crippen molar-refractivity contribution in [2.24, 2.45) is 0 Å². The molecule has 0 unspecified atom stereocenters. The van der Waals surface area contributed by atoms with Gasteiger partial charge in [-0.25, -0.2) is 4.98 Å². The van der Waals surface area contributed by atoms with Crippen molar-refractivity contribution < 1.29 is 4.79 Å². The maximum atomic E-state index is 11.9. The van der Waals surface area contributed by atoms with Gasteiger partial charge in [-0.3, -0.25) is 4.79 Å². The van der Waals surface area contributed by atoms with Gasteiger partial charge in [0.05, 0.1) is 18.1 Å². The first-order valence-corrected chi connectivity index (χ1v) is 5.67. The van der Waals surface area contributed by atoms with Crippen molar-refractivity contribution in [3.8, 4) is 6.07 Å². The standard InChI is InChI=1S/C10H9BrClN3O/c1-15(4-2-3-13)10(16)8-5-7(11)6-14-9(8)12/h5-6H,2,4H2,1H3. The van der Waals surface area contributed by atoms with Crippen molar-refractivity contribution in [3.05, 3.63) is 27.5 Å². The van der Waals surface area contributed by atoms with Crippen LogP contribution in [0.15, 0.2) is 16.7 Å². The number of aromatic nitrogens is 1. The molecule has 16 heavy (non-hydrogen) atoms. The van der Waals surface area contributed by atoms with Gasteiger partial charge in [0.1, 0.15) is 5.15 Å². The molecule has 0 spiro atoms. The Morgan fingerprint density at radius 1 is 1.75 bits per heavy atom. The van der Waals surface area contributed by atoms with Crippen LogP contribution in [-0.4, -0.2) is 29.4 Å². The number of hydrogen-bond donors (Lipinski definition) is 0. The van der Waals surface area contributed by atoms with Crippen LogP contribution >= 0.6 is 27.5 Å². The predicted molar refractivity (Wildman–Crippen MR) is 64.1 cm³/mol. The molecule has 6 heteroatoms. The maximum absolute atomic E-state index is 11.9. The zero-order chi connectivity index (χ0) is 12.1. The van der Waals surface area contributed by atoms with Gasteiger partial charge in [0.2, 0.25) is 0 Å². The smallest absolute Gasteiger partial charge is 0.256 e. The van der Waals surface area contributed by atoms with E-state index in [-0.39, 0.29) is 11.1 Å². The Morgan fingerprint density at radius 2 is 2.44 bits per heavy atom. The summed E-state index contributed by atoms with van der Waals surface area (Å²) in [5, 5.41) is 8.60. The quantitative estimate of drug-likeness (QED) is 0.806. The average molecular weight is 303 g/mol. The molecule has 0 saturated heterocycles. The second-order valence-electron chi connectivity index (χ2n) is 3.13. The highest BCUT2D eigenvalue weighted by Crippen LogP contribution is 2.19. The summed E-state index contributed by atoms with van der Waals surface area (Å²) in [6.45, 7) is 0.373. The van der Waals surface area contributed by atoms with Gasteiger partial charge in [-0.1, -0.05) is 11.6 Å². The first-order chi connectivity index (χ1) is 7.56. The fraction of sp³-hybridized carbons (Fsp3) is 0.300. The summed E-state index contributed by atoms with van der Waals surface area (Å²) in [4.78, 5) is 17.2. The number of rotatable bonds is 3. The summed E-state index contributed by atoms with van der Waals surface area (Å²) in [7, 11) is 1.62. The van der Waals surface area contributed by atoms with Gasteiger partial charge in [0.15, 0.2) is 0 Å². The lowest BCUT2D eigenvalue weighted by Crippen LogP contribution is -2.28. The van der Waals surface area contributed by atoms with Gasteiger partial charge >= 0.3 is 0 Å². The molecule has 1 aromatic heterocycles. The van der Waals surface area contributed by atoms with Gasteiger partial charge < -0.3 is 4.90 Å². The van der Waals surface area contributed by atoms with Crippen molar-refractivity contribution >= 4 is 33.4 Å². The first-order valence-electron chi connectivity index (χ1n) is 4.49. The Morgan fingerprint density at radius 3 is 3.06 bits per heavy atom. The lowest BCUT2D eigenvalue weighted by Gasteiger charge is -2.15. The monoisotopic (exact) mass is 301 g/mol. The molecule has 0 aromatic carbocycles. The maximum Gasteiger partial charge on any atom is 0.256 e. The third kappa shape index (κ3) is 3.19. The molecule has 0 aliphatic carbocycles. The lowest BCUT2D eigenvalue weighted by molar-refractivity contribution is 0.0797. The van der Waals surface area contributed by atoms with Crippen LogP contribution in [0.5, 0.6) is 0 Å². The summed E-state index contributed by atoms with van der Waals surface area (Å²) in [6, 6.07) is 3.59. The van der Waals surface area contributed by atoms with E-state index >= 15 is 0 Å². The van der Waals surface area contributed by atoms with E-state index in [1.807, 2.05) is 6.07 Å². The molecule has 0 radical (unpaired) electrons. The molecule has 1 aromatic rings. The Kier molecular flexibility index (Phi) is 4.71. The minimum Gasteiger partial charge on any atom is -0.341 e. The van der Waals surface area contributed by atoms with Gasteiger partial charge in [-0.05, 0) is 22.0 Å². The summed E-state index contributed by atoms with van der Waals surface area (Å²) in [6.07, 6.45) is 1.82. The number of carbonyl (C=O) groups is 1. The third-order valence-corrected chi connectivity index (χ3v) is 2.68. The molecular weight excluding hydrogens is 293 g/mol. The largest absolute Gasteiger partial charge is 0.341 e. The SMILES string of the molecule is CN(CCC#N)C(=O)c1cc(Br)cnc1Cl. The van der Waals surface area contributed by atoms with E-state index in [1.54, 1.807) is 13.1 Å². The Balaban J connectivity index is 2.88. The van der Waals surface area contributed by atoms with Crippen molar-refractivity contribution in [3.63, 3.8) is 0 Å². The molecule has 0 aliphatic heterocycles. The number of pyridine rings is 1. The molecule has 0 fully saturated rings. The molecule has 1 rings (SSSR count). The van der Waals surface area contributed by atoms with E-state index < -0.39 is 0 Å². The van der Waals surface area contributed by atoms with Crippen molar-refractivity contribution in [2.75, 3.05) is 13.6 Å². The van der Waals surface area contributed by atoms with E-state index in [4.69, 9.17) is 16.9 Å². The van der Waals surface area contributed by atoms with Gasteiger partial charge in [0, 0.05) is 24.3 Å². The van der Waals surface area contributed by atoms with Crippen LogP contribution in [0.25, 0.3) is 0 Å². The molecule has 1 heterocycles. The minimum absolute atomic E-state index is 0.164. The predicted octanol–water partition coefficient (Wildman–Crippen LogP) is 2.48. The highest BCUT2D eigenvalue weighted by atomic mass is 79.9. The normalized spacial score (nSPS) is 9.62. The topological polar surface area (TPSA) is 57.0 Å². The molecule has 1 amide bonds. The highest BCUT2D eigenvalue weighted by molar-refractivity contribution is 9.10. The van der Waals surface area contributed by atoms with Gasteiger partial charge in [0.25, 0.3) is 5.91 Å². The third-order valence-electron chi connectivity index (χ3n) is 1.94. The number of hydrogen-bond acceptors (Lipinski definition) is 3. The zero-order valence-corrected chi connectivity index (χ0v) is 10.9. The number of carbonyl (C=O) groups excluding carboxylic acids is 1. The van der Waals surface area contributed by atoms with Crippen molar-refractivity contribution in [2.45, 2.75) is 6.42 Å². The fourth-order valence-corrected chi connectivity index (χ4v) is 1.61. The van der Waals surface area contributed by atoms with Crippen LogP contribution in [0.2, 0.25) is 5.15 Å². The molecule has 84 valence electrons. The van der Waals surface area contributed by atoms with E-state index in [0.29, 0.717) is 23.0 Å². The van der Waals surface area contributed by atoms with E-state index in [9.17, 15) is 4.79 Å². The van der Waals surface area contributed by atoms with E-state index in [0.717, 1.165) is 0 Å². The molecule has 0 atom stereocenters. The van der Waals surface area contributed by atoms with Crippen LogP contribution < -0.4 is 0 Å². The Labute approximate surface area is 107 Å². The summed E-state index contributed by atoms with van der Waals surface area (Å²) >= 11 is 9.05. The summed E-state index contributed by atoms with van der Waals surface area (Å²) in [5.41, 5.74) is 0.330. The first kappa shape index (κ1) is 12.9. The number of amides is 1. The Hall–Kier alpha value is -1.12. The van der Waals surface area contributed by atoms with Crippen LogP contribution in [0.1, 0.15) is 16.8 Å². The molecule has 0 aliphatic rings. The minimum atomic E-state index is -0.242. The molecule has 4 nitrogen and oxygen atoms in total. The summed E-state index contributed by atoms with van der Waals surface area (Å²) < 4.78 is 0.689. The average Bonchev–Trinajstić information content (AvgIpc) is 2.28. The molecular formula is C10H9BrClN3O.